The SMILES string of the molecule is O=C1Cc2ccccc2N=CN1. The first-order valence-electron chi connectivity index (χ1n) is 3.76. The van der Waals surface area contributed by atoms with Crippen LogP contribution in [0.1, 0.15) is 5.56 Å². The average Bonchev–Trinajstić information content (AvgIpc) is 2.25. The summed E-state index contributed by atoms with van der Waals surface area (Å²) in [4.78, 5) is 15.1. The van der Waals surface area contributed by atoms with Crippen LogP contribution in [0.2, 0.25) is 0 Å². The van der Waals surface area contributed by atoms with Crippen LogP contribution in [0.4, 0.5) is 5.69 Å². The van der Waals surface area contributed by atoms with E-state index in [1.165, 1.54) is 6.34 Å². The van der Waals surface area contributed by atoms with Crippen molar-refractivity contribution in [1.29, 1.82) is 0 Å². The van der Waals surface area contributed by atoms with Crippen molar-refractivity contribution in [3.8, 4) is 0 Å². The van der Waals surface area contributed by atoms with Crippen molar-refractivity contribution < 1.29 is 4.79 Å². The third kappa shape index (κ3) is 1.21. The molecule has 0 fully saturated rings. The molecule has 1 heterocycles. The molecule has 1 aromatic carbocycles. The molecule has 0 unspecified atom stereocenters. The molecule has 3 nitrogen and oxygen atoms in total. The van der Waals surface area contributed by atoms with E-state index in [-0.39, 0.29) is 5.91 Å². The van der Waals surface area contributed by atoms with Crippen molar-refractivity contribution in [2.24, 2.45) is 4.99 Å². The largest absolute Gasteiger partial charge is 0.317 e. The zero-order chi connectivity index (χ0) is 8.39. The molecule has 0 atom stereocenters. The molecule has 0 radical (unpaired) electrons. The average molecular weight is 160 g/mol. The molecule has 0 spiro atoms. The maximum absolute atomic E-state index is 11.0. The van der Waals surface area contributed by atoms with Gasteiger partial charge in [-0.3, -0.25) is 4.79 Å². The molecule has 1 aromatic rings. The fourth-order valence-electron chi connectivity index (χ4n) is 1.18. The monoisotopic (exact) mass is 160 g/mol. The Kier molecular flexibility index (Phi) is 1.63. The van der Waals surface area contributed by atoms with E-state index in [1.807, 2.05) is 24.3 Å². The van der Waals surface area contributed by atoms with Gasteiger partial charge in [0, 0.05) is 0 Å². The first kappa shape index (κ1) is 7.03. The number of amides is 1. The lowest BCUT2D eigenvalue weighted by molar-refractivity contribution is -0.118. The molecular weight excluding hydrogens is 152 g/mol. The summed E-state index contributed by atoms with van der Waals surface area (Å²) in [6, 6.07) is 7.63. The molecule has 0 aromatic heterocycles. The van der Waals surface area contributed by atoms with Crippen molar-refractivity contribution in [2.75, 3.05) is 0 Å². The summed E-state index contributed by atoms with van der Waals surface area (Å²) < 4.78 is 0. The second kappa shape index (κ2) is 2.77. The zero-order valence-electron chi connectivity index (χ0n) is 6.45. The maximum atomic E-state index is 11.0. The Morgan fingerprint density at radius 3 is 3.08 bits per heavy atom. The standard InChI is InChI=1S/C9H8N2O/c12-9-5-7-3-1-2-4-8(7)10-6-11-9/h1-4,6H,5H2,(H,10,11,12). The van der Waals surface area contributed by atoms with Crippen molar-refractivity contribution >= 4 is 17.9 Å². The molecule has 1 N–H and O–H groups in total. The van der Waals surface area contributed by atoms with Crippen LogP contribution in [0.5, 0.6) is 0 Å². The van der Waals surface area contributed by atoms with Gasteiger partial charge in [0.05, 0.1) is 18.4 Å². The van der Waals surface area contributed by atoms with Gasteiger partial charge in [-0.15, -0.1) is 0 Å². The minimum absolute atomic E-state index is 0.0105. The van der Waals surface area contributed by atoms with Gasteiger partial charge >= 0.3 is 0 Å². The van der Waals surface area contributed by atoms with Crippen molar-refractivity contribution in [3.63, 3.8) is 0 Å². The third-order valence-corrected chi connectivity index (χ3v) is 1.77. The Balaban J connectivity index is 2.48. The van der Waals surface area contributed by atoms with E-state index in [0.717, 1.165) is 11.3 Å². The highest BCUT2D eigenvalue weighted by molar-refractivity contribution is 5.92. The molecule has 0 aliphatic carbocycles. The van der Waals surface area contributed by atoms with Crippen molar-refractivity contribution in [1.82, 2.24) is 5.32 Å². The number of nitrogens with zero attached hydrogens (tertiary/aromatic N) is 1. The van der Waals surface area contributed by atoms with Crippen LogP contribution in [0, 0.1) is 0 Å². The van der Waals surface area contributed by atoms with Crippen LogP contribution >= 0.6 is 0 Å². The number of fused-ring (bicyclic) bond motifs is 1. The second-order valence-electron chi connectivity index (χ2n) is 2.63. The summed E-state index contributed by atoms with van der Waals surface area (Å²) in [5, 5.41) is 2.56. The molecule has 0 bridgehead atoms. The highest BCUT2D eigenvalue weighted by Gasteiger charge is 2.08. The molecule has 3 heteroatoms. The first-order chi connectivity index (χ1) is 5.86. The quantitative estimate of drug-likeness (QED) is 0.604. The smallest absolute Gasteiger partial charge is 0.229 e. The Hall–Kier alpha value is -1.64. The number of para-hydroxylation sites is 1. The van der Waals surface area contributed by atoms with Gasteiger partial charge in [0.25, 0.3) is 0 Å². The number of hydrogen-bond donors (Lipinski definition) is 1. The molecule has 1 aliphatic rings. The van der Waals surface area contributed by atoms with Gasteiger partial charge in [-0.25, -0.2) is 4.99 Å². The summed E-state index contributed by atoms with van der Waals surface area (Å²) in [7, 11) is 0. The van der Waals surface area contributed by atoms with Gasteiger partial charge in [0.2, 0.25) is 5.91 Å². The number of rotatable bonds is 0. The van der Waals surface area contributed by atoms with Crippen LogP contribution in [-0.4, -0.2) is 12.2 Å². The highest BCUT2D eigenvalue weighted by atomic mass is 16.1. The minimum atomic E-state index is -0.0105. The number of aliphatic imine (C=N–C) groups is 1. The zero-order valence-corrected chi connectivity index (χ0v) is 6.45. The van der Waals surface area contributed by atoms with Gasteiger partial charge < -0.3 is 5.32 Å². The van der Waals surface area contributed by atoms with Crippen LogP contribution in [0.25, 0.3) is 0 Å². The van der Waals surface area contributed by atoms with Crippen molar-refractivity contribution in [3.05, 3.63) is 29.8 Å². The van der Waals surface area contributed by atoms with Gasteiger partial charge in [-0.05, 0) is 11.6 Å². The summed E-state index contributed by atoms with van der Waals surface area (Å²) in [5.41, 5.74) is 1.85. The van der Waals surface area contributed by atoms with Gasteiger partial charge in [0.1, 0.15) is 0 Å². The minimum Gasteiger partial charge on any atom is -0.317 e. The molecule has 60 valence electrons. The number of benzene rings is 1. The molecule has 1 aliphatic heterocycles. The molecule has 1 amide bonds. The van der Waals surface area contributed by atoms with Gasteiger partial charge in [-0.1, -0.05) is 18.2 Å². The van der Waals surface area contributed by atoms with E-state index >= 15 is 0 Å². The number of nitrogens with one attached hydrogen (secondary N) is 1. The predicted molar refractivity (Wildman–Crippen MR) is 46.4 cm³/mol. The maximum Gasteiger partial charge on any atom is 0.229 e. The number of carbonyl (C=O) groups is 1. The van der Waals surface area contributed by atoms with Crippen LogP contribution < -0.4 is 5.32 Å². The number of carbonyl (C=O) groups excluding carboxylic acids is 1. The lowest BCUT2D eigenvalue weighted by Gasteiger charge is -1.98. The Morgan fingerprint density at radius 1 is 1.33 bits per heavy atom. The van der Waals surface area contributed by atoms with E-state index in [0.29, 0.717) is 6.42 Å². The molecule has 2 rings (SSSR count). The number of hydrogen-bond acceptors (Lipinski definition) is 2. The van der Waals surface area contributed by atoms with Crippen LogP contribution in [0.3, 0.4) is 0 Å². The molecule has 0 saturated heterocycles. The summed E-state index contributed by atoms with van der Waals surface area (Å²) in [5.74, 6) is -0.0105. The molecule has 12 heavy (non-hydrogen) atoms. The van der Waals surface area contributed by atoms with Crippen molar-refractivity contribution in [2.45, 2.75) is 6.42 Å². The van der Waals surface area contributed by atoms with Crippen LogP contribution in [0.15, 0.2) is 29.3 Å². The topological polar surface area (TPSA) is 41.5 Å². The second-order valence-corrected chi connectivity index (χ2v) is 2.63. The first-order valence-corrected chi connectivity index (χ1v) is 3.76. The Labute approximate surface area is 70.1 Å². The van der Waals surface area contributed by atoms with E-state index in [2.05, 4.69) is 10.3 Å². The summed E-state index contributed by atoms with van der Waals surface area (Å²) in [6.07, 6.45) is 1.85. The molecular formula is C9H8N2O. The third-order valence-electron chi connectivity index (χ3n) is 1.77. The Morgan fingerprint density at radius 2 is 2.17 bits per heavy atom. The fourth-order valence-corrected chi connectivity index (χ4v) is 1.18. The fraction of sp³-hybridized carbons (Fsp3) is 0.111. The van der Waals surface area contributed by atoms with Gasteiger partial charge in [-0.2, -0.15) is 0 Å². The summed E-state index contributed by atoms with van der Waals surface area (Å²) >= 11 is 0. The normalized spacial score (nSPS) is 14.8. The molecule has 0 saturated carbocycles. The Bertz CT molecular complexity index is 344. The lowest BCUT2D eigenvalue weighted by Crippen LogP contribution is -2.21. The highest BCUT2D eigenvalue weighted by Crippen LogP contribution is 2.19. The van der Waals surface area contributed by atoms with E-state index < -0.39 is 0 Å². The van der Waals surface area contributed by atoms with E-state index in [4.69, 9.17) is 0 Å². The predicted octanol–water partition coefficient (Wildman–Crippen LogP) is 1.02. The van der Waals surface area contributed by atoms with Gasteiger partial charge in [0.15, 0.2) is 0 Å². The van der Waals surface area contributed by atoms with E-state index in [9.17, 15) is 4.79 Å². The summed E-state index contributed by atoms with van der Waals surface area (Å²) in [6.45, 7) is 0. The van der Waals surface area contributed by atoms with E-state index in [1.54, 1.807) is 0 Å². The lowest BCUT2D eigenvalue weighted by atomic mass is 10.1. The van der Waals surface area contributed by atoms with Crippen LogP contribution in [-0.2, 0) is 11.2 Å².